The van der Waals surface area contributed by atoms with Crippen molar-refractivity contribution >= 4 is 5.91 Å². The first kappa shape index (κ1) is 13.7. The Hall–Kier alpha value is -1.36. The molecular formula is C12H22N4O. The second-order valence-electron chi connectivity index (χ2n) is 4.53. The normalized spacial score (nSPS) is 10.9. The Balaban J connectivity index is 2.20. The summed E-state index contributed by atoms with van der Waals surface area (Å²) < 4.78 is 1.85. The molecule has 0 aromatic carbocycles. The van der Waals surface area contributed by atoms with Gasteiger partial charge in [0.1, 0.15) is 0 Å². The molecule has 0 fully saturated rings. The van der Waals surface area contributed by atoms with E-state index in [1.165, 1.54) is 5.56 Å². The minimum Gasteiger partial charge on any atom is -0.354 e. The predicted octanol–water partition coefficient (Wildman–Crippen LogP) is 0.733. The zero-order chi connectivity index (χ0) is 12.8. The van der Waals surface area contributed by atoms with Crippen molar-refractivity contribution in [2.24, 2.45) is 7.05 Å². The molecular weight excluding hydrogens is 216 g/mol. The van der Waals surface area contributed by atoms with E-state index in [1.54, 1.807) is 0 Å². The van der Waals surface area contributed by atoms with Crippen molar-refractivity contribution in [3.05, 3.63) is 17.5 Å². The van der Waals surface area contributed by atoms with Crippen LogP contribution in [-0.4, -0.2) is 28.3 Å². The van der Waals surface area contributed by atoms with Crippen LogP contribution < -0.4 is 10.6 Å². The number of nitrogens with zero attached hydrogens (tertiary/aromatic N) is 2. The van der Waals surface area contributed by atoms with Gasteiger partial charge < -0.3 is 10.6 Å². The van der Waals surface area contributed by atoms with Crippen molar-refractivity contribution in [1.82, 2.24) is 20.4 Å². The van der Waals surface area contributed by atoms with Crippen LogP contribution in [0.2, 0.25) is 0 Å². The lowest BCUT2D eigenvalue weighted by Gasteiger charge is -2.08. The summed E-state index contributed by atoms with van der Waals surface area (Å²) in [5.41, 5.74) is 2.33. The predicted molar refractivity (Wildman–Crippen MR) is 67.5 cm³/mol. The standard InChI is InChI=1S/C12H22N4O/c1-9(2)15-12(17)5-6-13-7-11-8-14-16(4)10(11)3/h8-9,13H,5-7H2,1-4H3,(H,15,17). The van der Waals surface area contributed by atoms with Crippen molar-refractivity contribution in [3.8, 4) is 0 Å². The molecule has 0 radical (unpaired) electrons. The first-order valence-corrected chi connectivity index (χ1v) is 5.98. The number of amides is 1. The average Bonchev–Trinajstić information content (AvgIpc) is 2.54. The Labute approximate surface area is 103 Å². The van der Waals surface area contributed by atoms with Crippen LogP contribution >= 0.6 is 0 Å². The van der Waals surface area contributed by atoms with Gasteiger partial charge in [-0.05, 0) is 20.8 Å². The van der Waals surface area contributed by atoms with Crippen LogP contribution in [0.4, 0.5) is 0 Å². The van der Waals surface area contributed by atoms with Crippen LogP contribution in [0.1, 0.15) is 31.5 Å². The van der Waals surface area contributed by atoms with Crippen LogP contribution in [0.25, 0.3) is 0 Å². The van der Waals surface area contributed by atoms with Gasteiger partial charge in [0.05, 0.1) is 6.20 Å². The maximum atomic E-state index is 11.4. The number of hydrogen-bond donors (Lipinski definition) is 2. The molecule has 17 heavy (non-hydrogen) atoms. The minimum absolute atomic E-state index is 0.0930. The second kappa shape index (κ2) is 6.39. The van der Waals surface area contributed by atoms with Crippen molar-refractivity contribution in [2.75, 3.05) is 6.54 Å². The van der Waals surface area contributed by atoms with E-state index in [2.05, 4.69) is 15.7 Å². The van der Waals surface area contributed by atoms with Crippen LogP contribution in [0.3, 0.4) is 0 Å². The first-order chi connectivity index (χ1) is 8.00. The number of carbonyl (C=O) groups excluding carboxylic acids is 1. The molecule has 0 unspecified atom stereocenters. The highest BCUT2D eigenvalue weighted by Crippen LogP contribution is 2.04. The first-order valence-electron chi connectivity index (χ1n) is 5.98. The lowest BCUT2D eigenvalue weighted by Crippen LogP contribution is -2.32. The molecule has 5 nitrogen and oxygen atoms in total. The molecule has 0 saturated carbocycles. The maximum absolute atomic E-state index is 11.4. The van der Waals surface area contributed by atoms with E-state index in [4.69, 9.17) is 0 Å². The Bertz CT molecular complexity index is 371. The molecule has 0 aliphatic carbocycles. The number of carbonyl (C=O) groups is 1. The van der Waals surface area contributed by atoms with Crippen molar-refractivity contribution in [1.29, 1.82) is 0 Å². The minimum atomic E-state index is 0.0930. The van der Waals surface area contributed by atoms with Gasteiger partial charge in [0.15, 0.2) is 0 Å². The van der Waals surface area contributed by atoms with Crippen molar-refractivity contribution in [2.45, 2.75) is 39.8 Å². The van der Waals surface area contributed by atoms with E-state index in [-0.39, 0.29) is 11.9 Å². The number of aryl methyl sites for hydroxylation is 1. The molecule has 1 aromatic rings. The highest BCUT2D eigenvalue weighted by molar-refractivity contribution is 5.76. The Morgan fingerprint density at radius 1 is 1.53 bits per heavy atom. The molecule has 0 atom stereocenters. The van der Waals surface area contributed by atoms with E-state index in [0.29, 0.717) is 13.0 Å². The Morgan fingerprint density at radius 3 is 2.76 bits per heavy atom. The quantitative estimate of drug-likeness (QED) is 0.718. The molecule has 0 saturated heterocycles. The molecule has 96 valence electrons. The summed E-state index contributed by atoms with van der Waals surface area (Å²) in [7, 11) is 1.93. The smallest absolute Gasteiger partial charge is 0.221 e. The third-order valence-electron chi connectivity index (χ3n) is 2.63. The molecule has 0 bridgehead atoms. The van der Waals surface area contributed by atoms with Gasteiger partial charge in [0, 0.05) is 43.9 Å². The molecule has 0 aliphatic heterocycles. The molecule has 1 amide bonds. The lowest BCUT2D eigenvalue weighted by atomic mass is 10.2. The van der Waals surface area contributed by atoms with Gasteiger partial charge in [-0.2, -0.15) is 5.10 Å². The molecule has 1 rings (SSSR count). The summed E-state index contributed by atoms with van der Waals surface area (Å²) in [6.45, 7) is 7.41. The van der Waals surface area contributed by atoms with E-state index in [0.717, 1.165) is 12.2 Å². The van der Waals surface area contributed by atoms with Gasteiger partial charge in [-0.1, -0.05) is 0 Å². The number of rotatable bonds is 6. The van der Waals surface area contributed by atoms with Crippen molar-refractivity contribution in [3.63, 3.8) is 0 Å². The van der Waals surface area contributed by atoms with E-state index in [9.17, 15) is 4.79 Å². The number of aromatic nitrogens is 2. The third-order valence-corrected chi connectivity index (χ3v) is 2.63. The zero-order valence-electron chi connectivity index (χ0n) is 11.1. The SMILES string of the molecule is Cc1c(CNCCC(=O)NC(C)C)cnn1C. The Kier molecular flexibility index (Phi) is 5.15. The zero-order valence-corrected chi connectivity index (χ0v) is 11.1. The summed E-state index contributed by atoms with van der Waals surface area (Å²) in [5, 5.41) is 10.3. The second-order valence-corrected chi connectivity index (χ2v) is 4.53. The van der Waals surface area contributed by atoms with Crippen LogP contribution in [0.5, 0.6) is 0 Å². The summed E-state index contributed by atoms with van der Waals surface area (Å²) in [6, 6.07) is 0.211. The molecule has 2 N–H and O–H groups in total. The lowest BCUT2D eigenvalue weighted by molar-refractivity contribution is -0.121. The number of nitrogens with one attached hydrogen (secondary N) is 2. The fraction of sp³-hybridized carbons (Fsp3) is 0.667. The highest BCUT2D eigenvalue weighted by Gasteiger charge is 2.04. The van der Waals surface area contributed by atoms with E-state index in [1.807, 2.05) is 38.7 Å². The van der Waals surface area contributed by atoms with E-state index >= 15 is 0 Å². The van der Waals surface area contributed by atoms with Gasteiger partial charge in [0.25, 0.3) is 0 Å². The topological polar surface area (TPSA) is 59.0 Å². The molecule has 5 heteroatoms. The maximum Gasteiger partial charge on any atom is 0.221 e. The summed E-state index contributed by atoms with van der Waals surface area (Å²) in [6.07, 6.45) is 2.37. The van der Waals surface area contributed by atoms with Crippen LogP contribution in [0.15, 0.2) is 6.20 Å². The summed E-state index contributed by atoms with van der Waals surface area (Å²) in [5.74, 6) is 0.0930. The van der Waals surface area contributed by atoms with Gasteiger partial charge in [-0.25, -0.2) is 0 Å². The van der Waals surface area contributed by atoms with Gasteiger partial charge >= 0.3 is 0 Å². The summed E-state index contributed by atoms with van der Waals surface area (Å²) in [4.78, 5) is 11.4. The molecule has 1 heterocycles. The monoisotopic (exact) mass is 238 g/mol. The van der Waals surface area contributed by atoms with Gasteiger partial charge in [-0.3, -0.25) is 9.48 Å². The van der Waals surface area contributed by atoms with Gasteiger partial charge in [0.2, 0.25) is 5.91 Å². The fourth-order valence-electron chi connectivity index (χ4n) is 1.54. The fourth-order valence-corrected chi connectivity index (χ4v) is 1.54. The molecule has 0 spiro atoms. The van der Waals surface area contributed by atoms with E-state index < -0.39 is 0 Å². The number of hydrogen-bond acceptors (Lipinski definition) is 3. The van der Waals surface area contributed by atoms with Crippen molar-refractivity contribution < 1.29 is 4.79 Å². The third kappa shape index (κ3) is 4.56. The molecule has 0 aliphatic rings. The van der Waals surface area contributed by atoms with Gasteiger partial charge in [-0.15, -0.1) is 0 Å². The average molecular weight is 238 g/mol. The highest BCUT2D eigenvalue weighted by atomic mass is 16.1. The summed E-state index contributed by atoms with van der Waals surface area (Å²) >= 11 is 0. The molecule has 1 aromatic heterocycles. The van der Waals surface area contributed by atoms with Crippen LogP contribution in [0, 0.1) is 6.92 Å². The van der Waals surface area contributed by atoms with Crippen LogP contribution in [-0.2, 0) is 18.4 Å². The Morgan fingerprint density at radius 2 is 2.24 bits per heavy atom. The largest absolute Gasteiger partial charge is 0.354 e.